The number of hydrogen-bond donors (Lipinski definition) is 1. The summed E-state index contributed by atoms with van der Waals surface area (Å²) < 4.78 is 0. The van der Waals surface area contributed by atoms with Gasteiger partial charge in [-0.1, -0.05) is 0 Å². The molecule has 0 aromatic carbocycles. The van der Waals surface area contributed by atoms with Gasteiger partial charge >= 0.3 is 0 Å². The maximum Gasteiger partial charge on any atom is 0.138 e. The summed E-state index contributed by atoms with van der Waals surface area (Å²) in [5.74, 6) is 0. The van der Waals surface area contributed by atoms with Gasteiger partial charge in [0.1, 0.15) is 6.29 Å². The molecule has 0 aromatic rings. The molecule has 1 aliphatic heterocycles. The Labute approximate surface area is 66.8 Å². The van der Waals surface area contributed by atoms with Crippen LogP contribution in [-0.4, -0.2) is 42.9 Å². The van der Waals surface area contributed by atoms with Crippen LogP contribution in [0.15, 0.2) is 0 Å². The van der Waals surface area contributed by atoms with Gasteiger partial charge in [0.25, 0.3) is 0 Å². The molecule has 2 fully saturated rings. The van der Waals surface area contributed by atoms with Crippen LogP contribution in [0, 0.1) is 0 Å². The highest BCUT2D eigenvalue weighted by atomic mass is 16.1. The third kappa shape index (κ3) is 1.44. The molecule has 2 rings (SSSR count). The van der Waals surface area contributed by atoms with E-state index < -0.39 is 0 Å². The first kappa shape index (κ1) is 7.25. The molecule has 0 amide bonds. The van der Waals surface area contributed by atoms with Gasteiger partial charge in [0.15, 0.2) is 0 Å². The fourth-order valence-corrected chi connectivity index (χ4v) is 1.73. The number of hydrogen-bond acceptors (Lipinski definition) is 3. The second-order valence-electron chi connectivity index (χ2n) is 3.38. The lowest BCUT2D eigenvalue weighted by Crippen LogP contribution is -2.52. The highest BCUT2D eigenvalue weighted by Gasteiger charge is 2.34. The van der Waals surface area contributed by atoms with E-state index in [9.17, 15) is 4.79 Å². The average Bonchev–Trinajstić information content (AvgIpc) is 2.87. The van der Waals surface area contributed by atoms with E-state index in [4.69, 9.17) is 0 Å². The predicted molar refractivity (Wildman–Crippen MR) is 42.4 cm³/mol. The van der Waals surface area contributed by atoms with Crippen LogP contribution in [-0.2, 0) is 4.79 Å². The largest absolute Gasteiger partial charge is 0.313 e. The fraction of sp³-hybridized carbons (Fsp3) is 0.875. The zero-order valence-corrected chi connectivity index (χ0v) is 6.62. The number of carbonyl (C=O) groups is 1. The van der Waals surface area contributed by atoms with Gasteiger partial charge in [-0.05, 0) is 12.8 Å². The molecule has 3 heteroatoms. The number of nitrogens with one attached hydrogen (secondary N) is 1. The molecule has 62 valence electrons. The van der Waals surface area contributed by atoms with Gasteiger partial charge in [0.05, 0.1) is 6.04 Å². The summed E-state index contributed by atoms with van der Waals surface area (Å²) in [6.07, 6.45) is 3.67. The number of piperazine rings is 1. The summed E-state index contributed by atoms with van der Waals surface area (Å²) in [5.41, 5.74) is 0. The van der Waals surface area contributed by atoms with Crippen LogP contribution in [0.25, 0.3) is 0 Å². The van der Waals surface area contributed by atoms with E-state index in [1.165, 1.54) is 12.8 Å². The summed E-state index contributed by atoms with van der Waals surface area (Å²) in [6, 6.07) is 0.878. The molecule has 1 saturated heterocycles. The van der Waals surface area contributed by atoms with Crippen LogP contribution in [0.1, 0.15) is 12.8 Å². The van der Waals surface area contributed by atoms with Crippen LogP contribution in [0.2, 0.25) is 0 Å². The zero-order chi connectivity index (χ0) is 7.68. The second-order valence-corrected chi connectivity index (χ2v) is 3.38. The van der Waals surface area contributed by atoms with Crippen molar-refractivity contribution in [2.45, 2.75) is 24.9 Å². The highest BCUT2D eigenvalue weighted by Crippen LogP contribution is 2.28. The molecule has 1 N–H and O–H groups in total. The number of rotatable bonds is 2. The quantitative estimate of drug-likeness (QED) is 0.550. The molecule has 3 nitrogen and oxygen atoms in total. The molecule has 1 saturated carbocycles. The van der Waals surface area contributed by atoms with Gasteiger partial charge in [-0.3, -0.25) is 4.90 Å². The summed E-state index contributed by atoms with van der Waals surface area (Å²) in [5, 5.41) is 3.23. The van der Waals surface area contributed by atoms with Gasteiger partial charge in [0, 0.05) is 25.7 Å². The lowest BCUT2D eigenvalue weighted by Gasteiger charge is -2.32. The summed E-state index contributed by atoms with van der Waals surface area (Å²) >= 11 is 0. The lowest BCUT2D eigenvalue weighted by atomic mass is 10.2. The van der Waals surface area contributed by atoms with Gasteiger partial charge in [0.2, 0.25) is 0 Å². The van der Waals surface area contributed by atoms with Crippen molar-refractivity contribution in [2.75, 3.05) is 19.6 Å². The van der Waals surface area contributed by atoms with Crippen molar-refractivity contribution < 1.29 is 4.79 Å². The standard InChI is InChI=1S/C8H14N2O/c11-6-8-5-9-3-4-10(8)7-1-2-7/h6-9H,1-5H2. The Kier molecular flexibility index (Phi) is 1.92. The Morgan fingerprint density at radius 2 is 2.27 bits per heavy atom. The van der Waals surface area contributed by atoms with Crippen molar-refractivity contribution in [3.05, 3.63) is 0 Å². The molecule has 2 aliphatic rings. The minimum absolute atomic E-state index is 0.149. The molecule has 1 unspecified atom stereocenters. The molecule has 1 aliphatic carbocycles. The zero-order valence-electron chi connectivity index (χ0n) is 6.62. The predicted octanol–water partition coefficient (Wildman–Crippen LogP) is -0.378. The molecular weight excluding hydrogens is 140 g/mol. The van der Waals surface area contributed by atoms with Crippen molar-refractivity contribution in [1.82, 2.24) is 10.2 Å². The van der Waals surface area contributed by atoms with Gasteiger partial charge < -0.3 is 10.1 Å². The minimum Gasteiger partial charge on any atom is -0.313 e. The Morgan fingerprint density at radius 1 is 1.45 bits per heavy atom. The van der Waals surface area contributed by atoms with Gasteiger partial charge in [-0.15, -0.1) is 0 Å². The van der Waals surface area contributed by atoms with Crippen molar-refractivity contribution in [1.29, 1.82) is 0 Å². The first-order valence-electron chi connectivity index (χ1n) is 4.33. The molecule has 1 heterocycles. The van der Waals surface area contributed by atoms with Crippen LogP contribution in [0.5, 0.6) is 0 Å². The van der Waals surface area contributed by atoms with E-state index >= 15 is 0 Å². The SMILES string of the molecule is O=CC1CNCCN1C1CC1. The molecule has 11 heavy (non-hydrogen) atoms. The maximum atomic E-state index is 10.6. The van der Waals surface area contributed by atoms with Crippen molar-refractivity contribution in [3.8, 4) is 0 Å². The smallest absolute Gasteiger partial charge is 0.138 e. The van der Waals surface area contributed by atoms with Crippen molar-refractivity contribution in [2.24, 2.45) is 0 Å². The molecule has 0 bridgehead atoms. The molecule has 0 aromatic heterocycles. The number of aldehydes is 1. The Bertz CT molecular complexity index is 156. The van der Waals surface area contributed by atoms with Crippen LogP contribution < -0.4 is 5.32 Å². The molecule has 0 radical (unpaired) electrons. The normalized spacial score (nSPS) is 33.6. The van der Waals surface area contributed by atoms with E-state index in [0.717, 1.165) is 32.0 Å². The Balaban J connectivity index is 1.96. The maximum absolute atomic E-state index is 10.6. The average molecular weight is 154 g/mol. The highest BCUT2D eigenvalue weighted by molar-refractivity contribution is 5.58. The van der Waals surface area contributed by atoms with Crippen molar-refractivity contribution in [3.63, 3.8) is 0 Å². The van der Waals surface area contributed by atoms with Crippen molar-refractivity contribution >= 4 is 6.29 Å². The van der Waals surface area contributed by atoms with E-state index in [1.54, 1.807) is 0 Å². The lowest BCUT2D eigenvalue weighted by molar-refractivity contribution is -0.113. The summed E-state index contributed by atoms with van der Waals surface area (Å²) in [6.45, 7) is 2.94. The fourth-order valence-electron chi connectivity index (χ4n) is 1.73. The van der Waals surface area contributed by atoms with Crippen LogP contribution in [0.3, 0.4) is 0 Å². The third-order valence-electron chi connectivity index (χ3n) is 2.50. The number of carbonyl (C=O) groups excluding carboxylic acids is 1. The first-order chi connectivity index (χ1) is 5.42. The van der Waals surface area contributed by atoms with E-state index in [0.29, 0.717) is 0 Å². The van der Waals surface area contributed by atoms with Gasteiger partial charge in [-0.2, -0.15) is 0 Å². The topological polar surface area (TPSA) is 32.3 Å². The summed E-state index contributed by atoms with van der Waals surface area (Å²) in [4.78, 5) is 13.0. The van der Waals surface area contributed by atoms with E-state index in [2.05, 4.69) is 10.2 Å². The Hall–Kier alpha value is -0.410. The second kappa shape index (κ2) is 2.91. The molecule has 1 atom stereocenters. The minimum atomic E-state index is 0.149. The van der Waals surface area contributed by atoms with E-state index in [-0.39, 0.29) is 6.04 Å². The molecular formula is C8H14N2O. The van der Waals surface area contributed by atoms with Crippen LogP contribution in [0.4, 0.5) is 0 Å². The first-order valence-corrected chi connectivity index (χ1v) is 4.33. The Morgan fingerprint density at radius 3 is 2.91 bits per heavy atom. The monoisotopic (exact) mass is 154 g/mol. The third-order valence-corrected chi connectivity index (χ3v) is 2.50. The molecule has 0 spiro atoms. The van der Waals surface area contributed by atoms with E-state index in [1.807, 2.05) is 0 Å². The number of nitrogens with zero attached hydrogens (tertiary/aromatic N) is 1. The van der Waals surface area contributed by atoms with Gasteiger partial charge in [-0.25, -0.2) is 0 Å². The van der Waals surface area contributed by atoms with Crippen LogP contribution >= 0.6 is 0 Å². The summed E-state index contributed by atoms with van der Waals surface area (Å²) in [7, 11) is 0.